The van der Waals surface area contributed by atoms with Crippen LogP contribution in [0.25, 0.3) is 0 Å². The van der Waals surface area contributed by atoms with Gasteiger partial charge in [-0.05, 0) is 81.3 Å². The highest BCUT2D eigenvalue weighted by Crippen LogP contribution is 2.48. The van der Waals surface area contributed by atoms with Crippen molar-refractivity contribution in [2.45, 2.75) is 95.8 Å². The molecule has 7 nitrogen and oxygen atoms in total. The van der Waals surface area contributed by atoms with Crippen LogP contribution in [-0.2, 0) is 34.3 Å². The molecule has 2 saturated heterocycles. The van der Waals surface area contributed by atoms with Gasteiger partial charge in [0.15, 0.2) is 5.69 Å². The number of benzene rings is 1. The van der Waals surface area contributed by atoms with E-state index in [0.29, 0.717) is 30.1 Å². The summed E-state index contributed by atoms with van der Waals surface area (Å²) in [6.07, 6.45) is 7.39. The van der Waals surface area contributed by atoms with Gasteiger partial charge < -0.3 is 14.5 Å². The summed E-state index contributed by atoms with van der Waals surface area (Å²) in [5.74, 6) is 0.611. The van der Waals surface area contributed by atoms with E-state index in [1.165, 1.54) is 24.0 Å². The normalized spacial score (nSPS) is 25.3. The molecule has 7 heteroatoms. The Morgan fingerprint density at radius 3 is 2.49 bits per heavy atom. The highest BCUT2D eigenvalue weighted by molar-refractivity contribution is 5.94. The van der Waals surface area contributed by atoms with Gasteiger partial charge in [0.2, 0.25) is 5.91 Å². The van der Waals surface area contributed by atoms with Crippen LogP contribution in [0, 0.1) is 0 Å². The molecular weight excluding hydrogens is 464 g/mol. The minimum Gasteiger partial charge on any atom is -0.372 e. The lowest BCUT2D eigenvalue weighted by molar-refractivity contribution is -0.133. The van der Waals surface area contributed by atoms with Crippen LogP contribution in [0.5, 0.6) is 0 Å². The standard InChI is InChI=1S/C30H40N4O3/c1-20-17-33(18-21(2)37-20)29(36)28-25-8-5-9-26(25)34(31-28)19-27(35)32-14-10-22(11-15-32)23-6-4-7-24(16-23)30(3)12-13-30/h4,6-7,16,20-22H,5,8-15,17-19H2,1-3H3/t20-,21+. The second-order valence-electron chi connectivity index (χ2n) is 12.1. The number of ether oxygens (including phenoxy) is 1. The van der Waals surface area contributed by atoms with Crippen molar-refractivity contribution in [3.05, 3.63) is 52.3 Å². The van der Waals surface area contributed by atoms with Crippen molar-refractivity contribution in [2.24, 2.45) is 0 Å². The Bertz CT molecular complexity index is 1180. The molecule has 1 saturated carbocycles. The first-order valence-electron chi connectivity index (χ1n) is 14.2. The van der Waals surface area contributed by atoms with E-state index in [2.05, 4.69) is 31.2 Å². The van der Waals surface area contributed by atoms with Crippen molar-refractivity contribution in [1.29, 1.82) is 0 Å². The highest BCUT2D eigenvalue weighted by atomic mass is 16.5. The number of aromatic nitrogens is 2. The maximum Gasteiger partial charge on any atom is 0.274 e. The molecule has 2 aliphatic heterocycles. The fraction of sp³-hybridized carbons (Fsp3) is 0.633. The smallest absolute Gasteiger partial charge is 0.274 e. The minimum atomic E-state index is -0.0190. The van der Waals surface area contributed by atoms with Crippen molar-refractivity contribution in [2.75, 3.05) is 26.2 Å². The largest absolute Gasteiger partial charge is 0.372 e. The van der Waals surface area contributed by atoms with Crippen LogP contribution in [0.3, 0.4) is 0 Å². The molecule has 0 unspecified atom stereocenters. The van der Waals surface area contributed by atoms with E-state index in [4.69, 9.17) is 9.84 Å². The fourth-order valence-electron chi connectivity index (χ4n) is 6.64. The first kappa shape index (κ1) is 24.7. The Kier molecular flexibility index (Phi) is 6.38. The molecule has 1 aromatic heterocycles. The van der Waals surface area contributed by atoms with Crippen LogP contribution in [0.1, 0.15) is 91.7 Å². The Labute approximate surface area is 220 Å². The summed E-state index contributed by atoms with van der Waals surface area (Å²) in [6, 6.07) is 9.16. The molecule has 3 heterocycles. The van der Waals surface area contributed by atoms with Gasteiger partial charge in [-0.3, -0.25) is 14.3 Å². The molecule has 4 aliphatic rings. The summed E-state index contributed by atoms with van der Waals surface area (Å²) >= 11 is 0. The van der Waals surface area contributed by atoms with E-state index in [9.17, 15) is 9.59 Å². The van der Waals surface area contributed by atoms with E-state index in [1.54, 1.807) is 0 Å². The predicted octanol–water partition coefficient (Wildman–Crippen LogP) is 4.08. The number of nitrogens with zero attached hydrogens (tertiary/aromatic N) is 4. The number of amides is 2. The number of carbonyl (C=O) groups excluding carboxylic acids is 2. The van der Waals surface area contributed by atoms with Crippen LogP contribution in [0.2, 0.25) is 0 Å². The number of morpholine rings is 1. The lowest BCUT2D eigenvalue weighted by Gasteiger charge is -2.35. The number of likely N-dealkylation sites (tertiary alicyclic amines) is 1. The molecule has 0 N–H and O–H groups in total. The number of fused-ring (bicyclic) bond motifs is 1. The molecule has 3 fully saturated rings. The molecule has 0 bridgehead atoms. The number of piperidine rings is 1. The molecule has 37 heavy (non-hydrogen) atoms. The van der Waals surface area contributed by atoms with E-state index in [-0.39, 0.29) is 30.6 Å². The Morgan fingerprint density at radius 2 is 1.78 bits per heavy atom. The molecule has 0 spiro atoms. The summed E-state index contributed by atoms with van der Waals surface area (Å²) < 4.78 is 7.64. The topological polar surface area (TPSA) is 67.7 Å². The quantitative estimate of drug-likeness (QED) is 0.616. The number of hydrogen-bond donors (Lipinski definition) is 0. The van der Waals surface area contributed by atoms with Crippen molar-refractivity contribution >= 4 is 11.8 Å². The zero-order valence-electron chi connectivity index (χ0n) is 22.5. The fourth-order valence-corrected chi connectivity index (χ4v) is 6.64. The second-order valence-corrected chi connectivity index (χ2v) is 12.1. The summed E-state index contributed by atoms with van der Waals surface area (Å²) in [5.41, 5.74) is 5.96. The summed E-state index contributed by atoms with van der Waals surface area (Å²) in [4.78, 5) is 30.6. The Balaban J connectivity index is 1.11. The molecular formula is C30H40N4O3. The van der Waals surface area contributed by atoms with Crippen LogP contribution >= 0.6 is 0 Å². The zero-order chi connectivity index (χ0) is 25.7. The summed E-state index contributed by atoms with van der Waals surface area (Å²) in [6.45, 7) is 9.33. The molecule has 2 aromatic rings. The van der Waals surface area contributed by atoms with Crippen molar-refractivity contribution in [3.63, 3.8) is 0 Å². The third kappa shape index (κ3) is 4.83. The Morgan fingerprint density at radius 1 is 1.05 bits per heavy atom. The van der Waals surface area contributed by atoms with E-state index in [1.807, 2.05) is 28.3 Å². The first-order chi connectivity index (χ1) is 17.8. The van der Waals surface area contributed by atoms with Crippen LogP contribution in [-0.4, -0.2) is 69.8 Å². The van der Waals surface area contributed by atoms with Gasteiger partial charge in [-0.25, -0.2) is 0 Å². The van der Waals surface area contributed by atoms with Crippen LogP contribution in [0.4, 0.5) is 0 Å². The maximum absolute atomic E-state index is 13.4. The average molecular weight is 505 g/mol. The molecule has 1 aromatic carbocycles. The van der Waals surface area contributed by atoms with Gasteiger partial charge in [-0.15, -0.1) is 0 Å². The zero-order valence-corrected chi connectivity index (χ0v) is 22.5. The molecule has 6 rings (SSSR count). The molecule has 0 radical (unpaired) electrons. The molecule has 198 valence electrons. The van der Waals surface area contributed by atoms with Gasteiger partial charge in [0.1, 0.15) is 6.54 Å². The summed E-state index contributed by atoms with van der Waals surface area (Å²) in [7, 11) is 0. The third-order valence-electron chi connectivity index (χ3n) is 9.10. The lowest BCUT2D eigenvalue weighted by atomic mass is 9.86. The molecule has 2 aliphatic carbocycles. The second kappa shape index (κ2) is 9.57. The monoisotopic (exact) mass is 504 g/mol. The third-order valence-corrected chi connectivity index (χ3v) is 9.10. The molecule has 2 amide bonds. The van der Waals surface area contributed by atoms with E-state index < -0.39 is 0 Å². The number of hydrogen-bond acceptors (Lipinski definition) is 4. The van der Waals surface area contributed by atoms with Gasteiger partial charge in [0.05, 0.1) is 12.2 Å². The van der Waals surface area contributed by atoms with Crippen LogP contribution in [0.15, 0.2) is 24.3 Å². The summed E-state index contributed by atoms with van der Waals surface area (Å²) in [5, 5.41) is 4.73. The van der Waals surface area contributed by atoms with Gasteiger partial charge in [0, 0.05) is 37.4 Å². The van der Waals surface area contributed by atoms with Gasteiger partial charge >= 0.3 is 0 Å². The van der Waals surface area contributed by atoms with Crippen molar-refractivity contribution < 1.29 is 14.3 Å². The SMILES string of the molecule is C[C@@H]1CN(C(=O)c2nn(CC(=O)N3CCC(c4cccc(C5(C)CC5)c4)CC3)c3c2CCC3)C[C@H](C)O1. The van der Waals surface area contributed by atoms with Crippen molar-refractivity contribution in [3.8, 4) is 0 Å². The minimum absolute atomic E-state index is 0.0190. The molecule has 2 atom stereocenters. The Hall–Kier alpha value is -2.67. The predicted molar refractivity (Wildman–Crippen MR) is 142 cm³/mol. The lowest BCUT2D eigenvalue weighted by Crippen LogP contribution is -2.48. The number of rotatable bonds is 5. The van der Waals surface area contributed by atoms with E-state index >= 15 is 0 Å². The van der Waals surface area contributed by atoms with Gasteiger partial charge in [-0.2, -0.15) is 5.10 Å². The maximum atomic E-state index is 13.4. The van der Waals surface area contributed by atoms with E-state index in [0.717, 1.165) is 56.5 Å². The van der Waals surface area contributed by atoms with Gasteiger partial charge in [-0.1, -0.05) is 31.2 Å². The highest BCUT2D eigenvalue weighted by Gasteiger charge is 2.39. The average Bonchev–Trinajstić information content (AvgIpc) is 3.31. The number of carbonyl (C=O) groups is 2. The van der Waals surface area contributed by atoms with Gasteiger partial charge in [0.25, 0.3) is 5.91 Å². The first-order valence-corrected chi connectivity index (χ1v) is 14.2. The van der Waals surface area contributed by atoms with Crippen LogP contribution < -0.4 is 0 Å². The van der Waals surface area contributed by atoms with Crippen molar-refractivity contribution in [1.82, 2.24) is 19.6 Å².